The van der Waals surface area contributed by atoms with E-state index in [9.17, 15) is 0 Å². The molecule has 0 spiro atoms. The number of aryl methyl sites for hydroxylation is 1. The second-order valence-electron chi connectivity index (χ2n) is 6.36. The molecule has 0 atom stereocenters. The minimum absolute atomic E-state index is 0. The second-order valence-corrected chi connectivity index (χ2v) is 6.36. The minimum Gasteiger partial charge on any atom is -0.0991 e. The zero-order chi connectivity index (χ0) is 20.4. The molecule has 0 aliphatic carbocycles. The predicted molar refractivity (Wildman–Crippen MR) is 131 cm³/mol. The molecular weight excluding hydrogens is 348 g/mol. The second kappa shape index (κ2) is 11.7. The molecule has 0 aromatic heterocycles. The van der Waals surface area contributed by atoms with Gasteiger partial charge in [-0.3, -0.25) is 0 Å². The molecule has 0 nitrogen and oxygen atoms in total. The third-order valence-corrected chi connectivity index (χ3v) is 4.91. The summed E-state index contributed by atoms with van der Waals surface area (Å²) in [6, 6.07) is 29.9. The van der Waals surface area contributed by atoms with Gasteiger partial charge < -0.3 is 0 Å². The molecule has 150 valence electrons. The van der Waals surface area contributed by atoms with Gasteiger partial charge in [-0.15, -0.1) is 0 Å². The van der Waals surface area contributed by atoms with Crippen molar-refractivity contribution in [2.75, 3.05) is 0 Å². The van der Waals surface area contributed by atoms with E-state index in [1.807, 2.05) is 26.0 Å². The summed E-state index contributed by atoms with van der Waals surface area (Å²) in [7, 11) is 0. The van der Waals surface area contributed by atoms with Crippen molar-refractivity contribution in [2.45, 2.75) is 33.6 Å². The average molecular weight is 383 g/mol. The smallest absolute Gasteiger partial charge is 0.0703 e. The van der Waals surface area contributed by atoms with E-state index in [0.717, 1.165) is 5.57 Å². The van der Waals surface area contributed by atoms with Crippen molar-refractivity contribution in [1.29, 1.82) is 0 Å². The van der Waals surface area contributed by atoms with Crippen LogP contribution in [0.25, 0.3) is 0 Å². The minimum atomic E-state index is -0.441. The Bertz CT molecular complexity index is 875. The van der Waals surface area contributed by atoms with Gasteiger partial charge in [-0.05, 0) is 34.8 Å². The summed E-state index contributed by atoms with van der Waals surface area (Å²) in [4.78, 5) is 0. The molecule has 0 N–H and O–H groups in total. The highest BCUT2D eigenvalue weighted by atomic mass is 14.4. The first-order valence-corrected chi connectivity index (χ1v) is 9.88. The largest absolute Gasteiger partial charge is 0.0991 e. The van der Waals surface area contributed by atoms with Crippen LogP contribution in [0.15, 0.2) is 122 Å². The predicted octanol–water partition coefficient (Wildman–Crippen LogP) is 8.29. The summed E-state index contributed by atoms with van der Waals surface area (Å²) >= 11 is 0. The molecule has 0 aliphatic rings. The number of rotatable bonds is 6. The van der Waals surface area contributed by atoms with Gasteiger partial charge in [0.05, 0.1) is 5.41 Å². The van der Waals surface area contributed by atoms with Crippen LogP contribution in [0, 0.1) is 6.92 Å². The number of allylic oxidation sites excluding steroid dienone is 4. The molecule has 29 heavy (non-hydrogen) atoms. The lowest BCUT2D eigenvalue weighted by Crippen LogP contribution is -2.32. The number of hydrogen-bond acceptors (Lipinski definition) is 0. The van der Waals surface area contributed by atoms with Crippen molar-refractivity contribution in [3.8, 4) is 0 Å². The third kappa shape index (κ3) is 4.66. The van der Waals surface area contributed by atoms with Crippen molar-refractivity contribution in [1.82, 2.24) is 0 Å². The van der Waals surface area contributed by atoms with E-state index in [-0.39, 0.29) is 7.43 Å². The fraction of sp³-hybridized carbons (Fsp3) is 0.172. The van der Waals surface area contributed by atoms with Crippen LogP contribution in [0.2, 0.25) is 0 Å². The van der Waals surface area contributed by atoms with Gasteiger partial charge in [-0.25, -0.2) is 0 Å². The number of hydrogen-bond donors (Lipinski definition) is 0. The van der Waals surface area contributed by atoms with Crippen LogP contribution < -0.4 is 0 Å². The highest BCUT2D eigenvalue weighted by molar-refractivity contribution is 5.63. The van der Waals surface area contributed by atoms with Crippen molar-refractivity contribution in [3.05, 3.63) is 144 Å². The van der Waals surface area contributed by atoms with Crippen LogP contribution >= 0.6 is 0 Å². The Hall–Kier alpha value is -3.12. The highest BCUT2D eigenvalue weighted by Crippen LogP contribution is 2.46. The lowest BCUT2D eigenvalue weighted by Gasteiger charge is -2.38. The summed E-state index contributed by atoms with van der Waals surface area (Å²) in [6.07, 6.45) is 5.86. The van der Waals surface area contributed by atoms with Gasteiger partial charge in [-0.2, -0.15) is 0 Å². The van der Waals surface area contributed by atoms with Gasteiger partial charge >= 0.3 is 0 Å². The first-order chi connectivity index (χ1) is 13.7. The van der Waals surface area contributed by atoms with Crippen LogP contribution in [0.5, 0.6) is 0 Å². The Kier molecular flexibility index (Phi) is 9.62. The molecule has 0 heterocycles. The normalized spacial score (nSPS) is 10.8. The SMILES string of the molecule is C.C=C/C=C(\C=C)C(c1ccccc1)(c1ccccc1)c1ccccc1C.CC. The summed E-state index contributed by atoms with van der Waals surface area (Å²) in [5.74, 6) is 0. The molecule has 0 heteroatoms. The molecule has 3 aromatic rings. The molecular formula is C29H34. The standard InChI is InChI=1S/C26H24.C2H6.CH4/c1-4-14-22(5-2)26(23-16-8-6-9-17-23,24-18-10-7-11-19-24)25-20-13-12-15-21(25)3;1-2;/h4-20H,1-2H2,3H3;1-2H3;1H4/b22-14+;;. The van der Waals surface area contributed by atoms with E-state index in [2.05, 4.69) is 111 Å². The monoisotopic (exact) mass is 382 g/mol. The van der Waals surface area contributed by atoms with Gasteiger partial charge in [0.25, 0.3) is 0 Å². The zero-order valence-electron chi connectivity index (χ0n) is 17.2. The number of benzene rings is 3. The van der Waals surface area contributed by atoms with Crippen LogP contribution in [0.1, 0.15) is 43.5 Å². The van der Waals surface area contributed by atoms with Gasteiger partial charge in [0, 0.05) is 0 Å². The van der Waals surface area contributed by atoms with Crippen LogP contribution in [-0.4, -0.2) is 0 Å². The van der Waals surface area contributed by atoms with Gasteiger partial charge in [0.15, 0.2) is 0 Å². The fourth-order valence-corrected chi connectivity index (χ4v) is 3.81. The quantitative estimate of drug-likeness (QED) is 0.297. The topological polar surface area (TPSA) is 0 Å². The molecule has 3 aromatic carbocycles. The molecule has 3 rings (SSSR count). The van der Waals surface area contributed by atoms with E-state index in [1.165, 1.54) is 22.3 Å². The fourth-order valence-electron chi connectivity index (χ4n) is 3.81. The maximum atomic E-state index is 4.14. The van der Waals surface area contributed by atoms with E-state index >= 15 is 0 Å². The van der Waals surface area contributed by atoms with Gasteiger partial charge in [0.1, 0.15) is 0 Å². The van der Waals surface area contributed by atoms with Gasteiger partial charge in [-0.1, -0.05) is 138 Å². The summed E-state index contributed by atoms with van der Waals surface area (Å²) in [6.45, 7) is 14.2. The molecule has 0 unspecified atom stereocenters. The third-order valence-electron chi connectivity index (χ3n) is 4.91. The van der Waals surface area contributed by atoms with E-state index in [0.29, 0.717) is 0 Å². The first-order valence-electron chi connectivity index (χ1n) is 9.88. The van der Waals surface area contributed by atoms with Crippen molar-refractivity contribution in [2.24, 2.45) is 0 Å². The average Bonchev–Trinajstić information content (AvgIpc) is 2.77. The summed E-state index contributed by atoms with van der Waals surface area (Å²) in [5.41, 5.74) is 5.60. The zero-order valence-corrected chi connectivity index (χ0v) is 17.2. The Balaban J connectivity index is 0.00000136. The lowest BCUT2D eigenvalue weighted by atomic mass is 9.63. The van der Waals surface area contributed by atoms with Crippen molar-refractivity contribution in [3.63, 3.8) is 0 Å². The molecule has 0 saturated heterocycles. The molecule has 0 aliphatic heterocycles. The van der Waals surface area contributed by atoms with Crippen molar-refractivity contribution < 1.29 is 0 Å². The van der Waals surface area contributed by atoms with E-state index in [4.69, 9.17) is 0 Å². The molecule has 0 fully saturated rings. The maximum Gasteiger partial charge on any atom is 0.0703 e. The van der Waals surface area contributed by atoms with E-state index < -0.39 is 5.41 Å². The van der Waals surface area contributed by atoms with Gasteiger partial charge in [0.2, 0.25) is 0 Å². The molecule has 0 saturated carbocycles. The maximum absolute atomic E-state index is 4.14. The Morgan fingerprint density at radius 2 is 1.17 bits per heavy atom. The highest BCUT2D eigenvalue weighted by Gasteiger charge is 2.39. The van der Waals surface area contributed by atoms with Crippen molar-refractivity contribution >= 4 is 0 Å². The molecule has 0 bridgehead atoms. The first kappa shape index (κ1) is 23.9. The summed E-state index contributed by atoms with van der Waals surface area (Å²) in [5, 5.41) is 0. The Labute approximate surface area is 178 Å². The lowest BCUT2D eigenvalue weighted by molar-refractivity contribution is 0.737. The van der Waals surface area contributed by atoms with E-state index in [1.54, 1.807) is 0 Å². The van der Waals surface area contributed by atoms with Crippen LogP contribution in [0.4, 0.5) is 0 Å². The van der Waals surface area contributed by atoms with Crippen LogP contribution in [0.3, 0.4) is 0 Å². The molecule has 0 radical (unpaired) electrons. The summed E-state index contributed by atoms with van der Waals surface area (Å²) < 4.78 is 0. The Morgan fingerprint density at radius 1 is 0.724 bits per heavy atom. The van der Waals surface area contributed by atoms with Crippen LogP contribution in [-0.2, 0) is 5.41 Å². The molecule has 0 amide bonds. The Morgan fingerprint density at radius 3 is 1.59 bits per heavy atom.